The van der Waals surface area contributed by atoms with Crippen LogP contribution in [0.25, 0.3) is 5.57 Å². The number of hydrogen-bond acceptors (Lipinski definition) is 5. The molecule has 0 spiro atoms. The highest BCUT2D eigenvalue weighted by molar-refractivity contribution is 7.14. The summed E-state index contributed by atoms with van der Waals surface area (Å²) in [5.74, 6) is 1.05. The highest BCUT2D eigenvalue weighted by Crippen LogP contribution is 2.21. The van der Waals surface area contributed by atoms with Crippen molar-refractivity contribution in [2.75, 3.05) is 19.7 Å². The summed E-state index contributed by atoms with van der Waals surface area (Å²) in [6.07, 6.45) is 7.80. The van der Waals surface area contributed by atoms with E-state index in [0.29, 0.717) is 19.7 Å². The number of allylic oxidation sites excluding steroid dienone is 2. The van der Waals surface area contributed by atoms with E-state index in [2.05, 4.69) is 22.3 Å². The number of para-hydroxylation sites is 1. The molecular weight excluding hydrogens is 394 g/mol. The quantitative estimate of drug-likeness (QED) is 0.396. The fraction of sp³-hybridized carbons (Fsp3) is 0.250. The standard InChI is InChI=1S/C24H25N3O2S/c1-18-11-12-24(30-18)23(28)17-27-13-5-7-19(16-27)22-15-20(25-26-22)8-6-14-29-21-9-3-2-4-10-21/h2-5,7,9-13,15H,6,8,14,16-17H2,1H3,(H,25,26). The lowest BCUT2D eigenvalue weighted by molar-refractivity contribution is 0.0964. The zero-order valence-electron chi connectivity index (χ0n) is 17.0. The molecule has 0 fully saturated rings. The molecule has 0 atom stereocenters. The summed E-state index contributed by atoms with van der Waals surface area (Å²) in [7, 11) is 0. The second kappa shape index (κ2) is 9.59. The number of aromatic nitrogens is 2. The van der Waals surface area contributed by atoms with Gasteiger partial charge in [0.15, 0.2) is 5.78 Å². The lowest BCUT2D eigenvalue weighted by Crippen LogP contribution is -2.27. The average Bonchev–Trinajstić information content (AvgIpc) is 3.41. The fourth-order valence-electron chi connectivity index (χ4n) is 3.35. The molecule has 0 unspecified atom stereocenters. The number of rotatable bonds is 9. The first kappa shape index (κ1) is 20.2. The molecule has 6 heteroatoms. The highest BCUT2D eigenvalue weighted by atomic mass is 32.1. The Morgan fingerprint density at radius 2 is 2.10 bits per heavy atom. The van der Waals surface area contributed by atoms with Crippen molar-refractivity contribution in [2.24, 2.45) is 0 Å². The molecule has 1 aromatic carbocycles. The molecule has 30 heavy (non-hydrogen) atoms. The monoisotopic (exact) mass is 419 g/mol. The molecular formula is C24H25N3O2S. The number of carbonyl (C=O) groups excluding carboxylic acids is 1. The van der Waals surface area contributed by atoms with Crippen LogP contribution in [0.3, 0.4) is 0 Å². The van der Waals surface area contributed by atoms with Crippen LogP contribution in [0.4, 0.5) is 0 Å². The molecule has 4 rings (SSSR count). The highest BCUT2D eigenvalue weighted by Gasteiger charge is 2.17. The van der Waals surface area contributed by atoms with Crippen molar-refractivity contribution in [3.05, 3.63) is 88.0 Å². The van der Waals surface area contributed by atoms with Gasteiger partial charge < -0.3 is 9.64 Å². The number of H-pyrrole nitrogens is 1. The molecule has 1 aliphatic heterocycles. The Morgan fingerprint density at radius 3 is 2.90 bits per heavy atom. The zero-order chi connectivity index (χ0) is 20.8. The van der Waals surface area contributed by atoms with Crippen LogP contribution in [0.2, 0.25) is 0 Å². The van der Waals surface area contributed by atoms with Gasteiger partial charge in [0, 0.05) is 17.1 Å². The van der Waals surface area contributed by atoms with E-state index in [1.54, 1.807) is 11.3 Å². The minimum atomic E-state index is 0.153. The van der Waals surface area contributed by atoms with E-state index in [9.17, 15) is 4.79 Å². The lowest BCUT2D eigenvalue weighted by Gasteiger charge is -2.23. The number of benzene rings is 1. The molecule has 3 aromatic rings. The van der Waals surface area contributed by atoms with Crippen LogP contribution in [-0.4, -0.2) is 40.6 Å². The zero-order valence-corrected chi connectivity index (χ0v) is 17.8. The van der Waals surface area contributed by atoms with Gasteiger partial charge in [-0.2, -0.15) is 5.10 Å². The summed E-state index contributed by atoms with van der Waals surface area (Å²) in [6, 6.07) is 15.9. The van der Waals surface area contributed by atoms with Crippen molar-refractivity contribution in [1.82, 2.24) is 15.1 Å². The Bertz CT molecular complexity index is 1050. The smallest absolute Gasteiger partial charge is 0.191 e. The predicted octanol–water partition coefficient (Wildman–Crippen LogP) is 4.89. The minimum Gasteiger partial charge on any atom is -0.494 e. The minimum absolute atomic E-state index is 0.153. The molecule has 3 heterocycles. The number of carbonyl (C=O) groups is 1. The predicted molar refractivity (Wildman–Crippen MR) is 121 cm³/mol. The Morgan fingerprint density at radius 1 is 1.23 bits per heavy atom. The summed E-state index contributed by atoms with van der Waals surface area (Å²) in [4.78, 5) is 16.5. The summed E-state index contributed by atoms with van der Waals surface area (Å²) < 4.78 is 5.75. The molecule has 1 aliphatic rings. The van der Waals surface area contributed by atoms with Crippen molar-refractivity contribution in [3.63, 3.8) is 0 Å². The van der Waals surface area contributed by atoms with E-state index in [1.807, 2.05) is 66.6 Å². The van der Waals surface area contributed by atoms with Gasteiger partial charge in [-0.15, -0.1) is 11.3 Å². The molecule has 0 saturated heterocycles. The second-order valence-corrected chi connectivity index (χ2v) is 8.60. The molecule has 2 aromatic heterocycles. The number of nitrogens with one attached hydrogen (secondary N) is 1. The van der Waals surface area contributed by atoms with E-state index < -0.39 is 0 Å². The van der Waals surface area contributed by atoms with Gasteiger partial charge in [-0.05, 0) is 67.9 Å². The third-order valence-corrected chi connectivity index (χ3v) is 5.93. The third kappa shape index (κ3) is 5.27. The van der Waals surface area contributed by atoms with Crippen molar-refractivity contribution < 1.29 is 9.53 Å². The number of ether oxygens (including phenoxy) is 1. The van der Waals surface area contributed by atoms with Crippen LogP contribution >= 0.6 is 11.3 Å². The molecule has 0 bridgehead atoms. The number of thiophene rings is 1. The Balaban J connectivity index is 1.27. The van der Waals surface area contributed by atoms with Gasteiger partial charge in [-0.3, -0.25) is 9.89 Å². The summed E-state index contributed by atoms with van der Waals surface area (Å²) in [6.45, 7) is 3.74. The second-order valence-electron chi connectivity index (χ2n) is 7.32. The topological polar surface area (TPSA) is 58.2 Å². The summed E-state index contributed by atoms with van der Waals surface area (Å²) >= 11 is 1.55. The van der Waals surface area contributed by atoms with Gasteiger partial charge in [0.25, 0.3) is 0 Å². The van der Waals surface area contributed by atoms with Crippen molar-refractivity contribution >= 4 is 22.7 Å². The number of nitrogens with zero attached hydrogens (tertiary/aromatic N) is 2. The molecule has 1 N–H and O–H groups in total. The first-order chi connectivity index (χ1) is 14.7. The number of aryl methyl sites for hydroxylation is 2. The Kier molecular flexibility index (Phi) is 6.44. The van der Waals surface area contributed by atoms with Crippen LogP contribution < -0.4 is 4.74 Å². The number of Topliss-reactive ketones (excluding diaryl/α,β-unsaturated/α-hetero) is 1. The fourth-order valence-corrected chi connectivity index (χ4v) is 4.15. The van der Waals surface area contributed by atoms with E-state index in [1.165, 1.54) is 0 Å². The van der Waals surface area contributed by atoms with Crippen LogP contribution in [0, 0.1) is 6.92 Å². The van der Waals surface area contributed by atoms with Crippen LogP contribution in [-0.2, 0) is 6.42 Å². The van der Waals surface area contributed by atoms with Crippen molar-refractivity contribution in [1.29, 1.82) is 0 Å². The van der Waals surface area contributed by atoms with E-state index in [-0.39, 0.29) is 5.78 Å². The molecule has 0 saturated carbocycles. The summed E-state index contributed by atoms with van der Waals surface area (Å²) in [5.41, 5.74) is 3.13. The lowest BCUT2D eigenvalue weighted by atomic mass is 10.1. The Hall–Kier alpha value is -3.12. The first-order valence-electron chi connectivity index (χ1n) is 10.1. The summed E-state index contributed by atoms with van der Waals surface area (Å²) in [5, 5.41) is 7.61. The molecule has 0 aliphatic carbocycles. The van der Waals surface area contributed by atoms with Crippen molar-refractivity contribution in [3.8, 4) is 5.75 Å². The largest absolute Gasteiger partial charge is 0.494 e. The number of hydrogen-bond donors (Lipinski definition) is 1. The average molecular weight is 420 g/mol. The molecule has 0 radical (unpaired) electrons. The number of aromatic amines is 1. The van der Waals surface area contributed by atoms with Gasteiger partial charge >= 0.3 is 0 Å². The first-order valence-corrected chi connectivity index (χ1v) is 10.9. The maximum Gasteiger partial charge on any atom is 0.191 e. The van der Waals surface area contributed by atoms with Crippen LogP contribution in [0.15, 0.2) is 66.9 Å². The van der Waals surface area contributed by atoms with E-state index >= 15 is 0 Å². The van der Waals surface area contributed by atoms with Gasteiger partial charge in [0.05, 0.1) is 23.7 Å². The van der Waals surface area contributed by atoms with Gasteiger partial charge in [-0.1, -0.05) is 24.3 Å². The number of ketones is 1. The Labute approximate surface area is 180 Å². The van der Waals surface area contributed by atoms with Gasteiger partial charge in [0.1, 0.15) is 5.75 Å². The van der Waals surface area contributed by atoms with Crippen LogP contribution in [0.1, 0.15) is 32.4 Å². The van der Waals surface area contributed by atoms with Gasteiger partial charge in [0.2, 0.25) is 0 Å². The van der Waals surface area contributed by atoms with Gasteiger partial charge in [-0.25, -0.2) is 0 Å². The van der Waals surface area contributed by atoms with E-state index in [0.717, 1.165) is 45.3 Å². The van der Waals surface area contributed by atoms with Crippen molar-refractivity contribution in [2.45, 2.75) is 19.8 Å². The molecule has 0 amide bonds. The normalized spacial score (nSPS) is 13.4. The SMILES string of the molecule is Cc1ccc(C(=O)CN2C=CC=C(c3cc(CCCOc4ccccc4)[nH]n3)C2)s1. The molecule has 5 nitrogen and oxygen atoms in total. The maximum absolute atomic E-state index is 12.5. The van der Waals surface area contributed by atoms with E-state index in [4.69, 9.17) is 4.74 Å². The third-order valence-electron chi connectivity index (χ3n) is 4.89. The molecule has 154 valence electrons. The van der Waals surface area contributed by atoms with Crippen LogP contribution in [0.5, 0.6) is 5.75 Å². The maximum atomic E-state index is 12.5.